The van der Waals surface area contributed by atoms with Crippen molar-refractivity contribution in [3.63, 3.8) is 0 Å². The van der Waals surface area contributed by atoms with Gasteiger partial charge in [-0.05, 0) is 42.4 Å². The van der Waals surface area contributed by atoms with E-state index in [4.69, 9.17) is 8.84 Å². The van der Waals surface area contributed by atoms with E-state index in [0.29, 0.717) is 22.3 Å². The molecule has 0 aliphatic carbocycles. The molecule has 3 rings (SSSR count). The van der Waals surface area contributed by atoms with Crippen molar-refractivity contribution in [3.8, 4) is 17.6 Å². The summed E-state index contributed by atoms with van der Waals surface area (Å²) in [6, 6.07) is 10.8. The third kappa shape index (κ3) is 5.36. The van der Waals surface area contributed by atoms with Gasteiger partial charge in [-0.1, -0.05) is 38.7 Å². The van der Waals surface area contributed by atoms with Gasteiger partial charge in [0.1, 0.15) is 17.9 Å². The minimum atomic E-state index is -3.54. The fourth-order valence-electron chi connectivity index (χ4n) is 2.78. The maximum Gasteiger partial charge on any atom is 0.344 e. The molecule has 164 valence electrons. The third-order valence-corrected chi connectivity index (χ3v) is 10.3. The minimum absolute atomic E-state index is 0.0516. The first-order valence-corrected chi connectivity index (χ1v) is 14.5. The summed E-state index contributed by atoms with van der Waals surface area (Å²) >= 11 is 0. The van der Waals surface area contributed by atoms with E-state index in [0.717, 1.165) is 17.0 Å². The van der Waals surface area contributed by atoms with Crippen LogP contribution < -0.4 is 10.1 Å². The van der Waals surface area contributed by atoms with Gasteiger partial charge in [0, 0.05) is 22.4 Å². The first-order valence-electron chi connectivity index (χ1n) is 9.80. The zero-order valence-electron chi connectivity index (χ0n) is 18.5. The van der Waals surface area contributed by atoms with Crippen molar-refractivity contribution in [2.24, 2.45) is 0 Å². The topological polar surface area (TPSA) is 82.8 Å². The first-order chi connectivity index (χ1) is 14.3. The molecule has 0 aliphatic heterocycles. The second-order valence-corrected chi connectivity index (χ2v) is 15.3. The standard InChI is InChI=1S/C23H26O6SSi/c1-23(2,3)31(5,6)29-17-10-12-19-18-11-9-16(8-7-13-27-30(4,25)26)14-20(18)22(24)28-21(19)15-17/h9-12,14-15H,13H2,1-6H3. The zero-order chi connectivity index (χ0) is 23.0. The average molecular weight is 459 g/mol. The Kier molecular flexibility index (Phi) is 6.06. The summed E-state index contributed by atoms with van der Waals surface area (Å²) in [5.41, 5.74) is 0.561. The Labute approximate surface area is 183 Å². The van der Waals surface area contributed by atoms with Gasteiger partial charge in [-0.25, -0.2) is 4.79 Å². The number of fused-ring (bicyclic) bond motifs is 3. The average Bonchev–Trinajstić information content (AvgIpc) is 2.63. The van der Waals surface area contributed by atoms with Crippen LogP contribution in [0.25, 0.3) is 21.7 Å². The molecule has 2 aromatic carbocycles. The molecule has 0 spiro atoms. The predicted molar refractivity (Wildman–Crippen MR) is 125 cm³/mol. The van der Waals surface area contributed by atoms with E-state index >= 15 is 0 Å². The summed E-state index contributed by atoms with van der Waals surface area (Å²) in [5, 5.41) is 2.01. The van der Waals surface area contributed by atoms with Crippen LogP contribution in [-0.2, 0) is 14.3 Å². The van der Waals surface area contributed by atoms with Gasteiger partial charge in [0.15, 0.2) is 0 Å². The second-order valence-electron chi connectivity index (χ2n) is 8.94. The van der Waals surface area contributed by atoms with Crippen molar-refractivity contribution in [2.75, 3.05) is 12.9 Å². The molecule has 1 aromatic heterocycles. The lowest BCUT2D eigenvalue weighted by Gasteiger charge is -2.36. The van der Waals surface area contributed by atoms with Crippen molar-refractivity contribution < 1.29 is 21.4 Å². The van der Waals surface area contributed by atoms with Crippen LogP contribution in [0.4, 0.5) is 0 Å². The molecule has 0 unspecified atom stereocenters. The lowest BCUT2D eigenvalue weighted by Crippen LogP contribution is -2.43. The SMILES string of the molecule is CC(C)(C)[Si](C)(C)Oc1ccc2c(c1)oc(=O)c1cc(C#CCOS(C)(=O)=O)ccc12. The molecule has 3 aromatic rings. The molecule has 0 saturated heterocycles. The van der Waals surface area contributed by atoms with Crippen LogP contribution in [0.2, 0.25) is 18.1 Å². The summed E-state index contributed by atoms with van der Waals surface area (Å²) in [4.78, 5) is 12.6. The Morgan fingerprint density at radius 2 is 1.71 bits per heavy atom. The molecule has 0 amide bonds. The Balaban J connectivity index is 1.98. The molecular weight excluding hydrogens is 432 g/mol. The van der Waals surface area contributed by atoms with Crippen LogP contribution in [-0.4, -0.2) is 29.6 Å². The smallest absolute Gasteiger partial charge is 0.344 e. The molecule has 8 heteroatoms. The van der Waals surface area contributed by atoms with E-state index < -0.39 is 24.1 Å². The number of hydrogen-bond donors (Lipinski definition) is 0. The normalized spacial score (nSPS) is 12.6. The highest BCUT2D eigenvalue weighted by atomic mass is 32.2. The molecule has 0 aliphatic rings. The largest absolute Gasteiger partial charge is 0.543 e. The van der Waals surface area contributed by atoms with Gasteiger partial charge in [0.2, 0.25) is 8.32 Å². The van der Waals surface area contributed by atoms with Crippen molar-refractivity contribution in [3.05, 3.63) is 52.4 Å². The summed E-state index contributed by atoms with van der Waals surface area (Å²) in [6.07, 6.45) is 0.962. The van der Waals surface area contributed by atoms with E-state index in [2.05, 4.69) is 49.9 Å². The molecule has 0 N–H and O–H groups in total. The molecule has 0 fully saturated rings. The Hall–Kier alpha value is -2.60. The van der Waals surface area contributed by atoms with Crippen LogP contribution in [0.15, 0.2) is 45.6 Å². The molecule has 0 bridgehead atoms. The van der Waals surface area contributed by atoms with Gasteiger partial charge in [-0.3, -0.25) is 4.18 Å². The van der Waals surface area contributed by atoms with Gasteiger partial charge in [0.05, 0.1) is 11.6 Å². The Morgan fingerprint density at radius 1 is 1.03 bits per heavy atom. The maximum absolute atomic E-state index is 12.6. The van der Waals surface area contributed by atoms with Crippen LogP contribution in [0.3, 0.4) is 0 Å². The molecule has 0 atom stereocenters. The fourth-order valence-corrected chi connectivity index (χ4v) is 4.07. The molecule has 1 heterocycles. The van der Waals surface area contributed by atoms with Crippen LogP contribution in [0, 0.1) is 11.8 Å². The second kappa shape index (κ2) is 8.15. The van der Waals surface area contributed by atoms with E-state index in [9.17, 15) is 13.2 Å². The first kappa shape index (κ1) is 23.1. The number of hydrogen-bond acceptors (Lipinski definition) is 6. The third-order valence-electron chi connectivity index (χ3n) is 5.44. The van der Waals surface area contributed by atoms with Gasteiger partial charge in [-0.2, -0.15) is 8.42 Å². The highest BCUT2D eigenvalue weighted by Crippen LogP contribution is 2.38. The zero-order valence-corrected chi connectivity index (χ0v) is 20.3. The van der Waals surface area contributed by atoms with Gasteiger partial charge in [0.25, 0.3) is 10.1 Å². The molecule has 31 heavy (non-hydrogen) atoms. The van der Waals surface area contributed by atoms with E-state index in [1.54, 1.807) is 18.2 Å². The van der Waals surface area contributed by atoms with E-state index in [-0.39, 0.29) is 11.6 Å². The summed E-state index contributed by atoms with van der Waals surface area (Å²) in [6.45, 7) is 10.6. The minimum Gasteiger partial charge on any atom is -0.543 e. The number of benzene rings is 2. The summed E-state index contributed by atoms with van der Waals surface area (Å²) in [7, 11) is -5.56. The fraction of sp³-hybridized carbons (Fsp3) is 0.348. The quantitative estimate of drug-likeness (QED) is 0.186. The predicted octanol–water partition coefficient (Wildman–Crippen LogP) is 4.66. The summed E-state index contributed by atoms with van der Waals surface area (Å²) in [5.74, 6) is 6.11. The van der Waals surface area contributed by atoms with E-state index in [1.165, 1.54) is 0 Å². The molecule has 6 nitrogen and oxygen atoms in total. The van der Waals surface area contributed by atoms with Crippen molar-refractivity contribution in [1.82, 2.24) is 0 Å². The molecule has 0 radical (unpaired) electrons. The molecular formula is C23H26O6SSi. The Morgan fingerprint density at radius 3 is 2.35 bits per heavy atom. The number of rotatable bonds is 4. The lowest BCUT2D eigenvalue weighted by molar-refractivity contribution is 0.368. The highest BCUT2D eigenvalue weighted by molar-refractivity contribution is 7.86. The van der Waals surface area contributed by atoms with Crippen molar-refractivity contribution in [1.29, 1.82) is 0 Å². The maximum atomic E-state index is 12.6. The highest BCUT2D eigenvalue weighted by Gasteiger charge is 2.39. The van der Waals surface area contributed by atoms with E-state index in [1.807, 2.05) is 18.2 Å². The van der Waals surface area contributed by atoms with Crippen molar-refractivity contribution in [2.45, 2.75) is 38.9 Å². The monoisotopic (exact) mass is 458 g/mol. The van der Waals surface area contributed by atoms with Crippen LogP contribution >= 0.6 is 0 Å². The van der Waals surface area contributed by atoms with Gasteiger partial charge in [-0.15, -0.1) is 0 Å². The molecule has 0 saturated carbocycles. The van der Waals surface area contributed by atoms with Crippen molar-refractivity contribution >= 4 is 40.2 Å². The van der Waals surface area contributed by atoms with Gasteiger partial charge < -0.3 is 8.84 Å². The van der Waals surface area contributed by atoms with Crippen LogP contribution in [0.5, 0.6) is 5.75 Å². The van der Waals surface area contributed by atoms with Gasteiger partial charge >= 0.3 is 5.63 Å². The summed E-state index contributed by atoms with van der Waals surface area (Å²) < 4.78 is 38.5. The lowest BCUT2D eigenvalue weighted by atomic mass is 10.0. The van der Waals surface area contributed by atoms with Crippen LogP contribution in [0.1, 0.15) is 26.3 Å². The Bertz CT molecular complexity index is 1370.